The second-order valence-electron chi connectivity index (χ2n) is 4.14. The molecule has 0 saturated carbocycles. The molecule has 0 unspecified atom stereocenters. The van der Waals surface area contributed by atoms with Gasteiger partial charge in [-0.05, 0) is 42.0 Å². The van der Waals surface area contributed by atoms with Gasteiger partial charge in [0.25, 0.3) is 0 Å². The summed E-state index contributed by atoms with van der Waals surface area (Å²) in [7, 11) is 1.60. The van der Waals surface area contributed by atoms with Crippen LogP contribution in [0.2, 0.25) is 0 Å². The smallest absolute Gasteiger partial charge is 0.133 e. The number of benzene rings is 2. The van der Waals surface area contributed by atoms with Crippen LogP contribution in [0.3, 0.4) is 0 Å². The molecule has 0 spiro atoms. The molecule has 0 heterocycles. The van der Waals surface area contributed by atoms with E-state index in [9.17, 15) is 4.39 Å². The molecule has 3 nitrogen and oxygen atoms in total. The molecule has 0 aliphatic carbocycles. The highest BCUT2D eigenvalue weighted by molar-refractivity contribution is 7.80. The molecular weight excluding hydrogens is 277 g/mol. The van der Waals surface area contributed by atoms with E-state index in [4.69, 9.17) is 27.4 Å². The fourth-order valence-electron chi connectivity index (χ4n) is 1.69. The molecule has 2 aromatic rings. The second kappa shape index (κ2) is 6.34. The molecule has 2 rings (SSSR count). The number of halogens is 1. The summed E-state index contributed by atoms with van der Waals surface area (Å²) < 4.78 is 24.1. The molecule has 5 heteroatoms. The minimum absolute atomic E-state index is 0.0359. The van der Waals surface area contributed by atoms with Crippen LogP contribution in [0.4, 0.5) is 4.39 Å². The molecule has 0 aromatic heterocycles. The molecular formula is C15H14FNO2S. The van der Waals surface area contributed by atoms with Crippen molar-refractivity contribution in [1.29, 1.82) is 0 Å². The van der Waals surface area contributed by atoms with Gasteiger partial charge in [0.1, 0.15) is 28.9 Å². The topological polar surface area (TPSA) is 44.5 Å². The maximum Gasteiger partial charge on any atom is 0.133 e. The van der Waals surface area contributed by atoms with E-state index in [0.717, 1.165) is 11.3 Å². The first-order chi connectivity index (χ1) is 9.60. The van der Waals surface area contributed by atoms with Crippen LogP contribution in [0.15, 0.2) is 42.5 Å². The monoisotopic (exact) mass is 291 g/mol. The lowest BCUT2D eigenvalue weighted by atomic mass is 10.1. The van der Waals surface area contributed by atoms with Crippen LogP contribution in [-0.4, -0.2) is 12.1 Å². The minimum Gasteiger partial charge on any atom is -0.497 e. The van der Waals surface area contributed by atoms with Crippen LogP contribution in [-0.2, 0) is 6.61 Å². The maximum absolute atomic E-state index is 13.4. The van der Waals surface area contributed by atoms with Gasteiger partial charge in [-0.1, -0.05) is 18.3 Å². The lowest BCUT2D eigenvalue weighted by molar-refractivity contribution is 0.305. The van der Waals surface area contributed by atoms with E-state index in [-0.39, 0.29) is 10.6 Å². The van der Waals surface area contributed by atoms with Crippen molar-refractivity contribution in [2.24, 2.45) is 5.73 Å². The summed E-state index contributed by atoms with van der Waals surface area (Å²) in [6.45, 7) is 0.308. The molecule has 0 atom stereocenters. The Morgan fingerprint density at radius 3 is 2.40 bits per heavy atom. The quantitative estimate of drug-likeness (QED) is 0.860. The third kappa shape index (κ3) is 3.45. The molecule has 104 valence electrons. The standard InChI is InChI=1S/C15H14FNO2S/c1-18-11-3-5-12(6-4-11)19-9-10-2-7-14(16)13(8-10)15(17)20/h2-8H,9H2,1H3,(H2,17,20). The van der Waals surface area contributed by atoms with E-state index in [2.05, 4.69) is 0 Å². The number of thiocarbonyl (C=S) groups is 1. The second-order valence-corrected chi connectivity index (χ2v) is 4.58. The maximum atomic E-state index is 13.4. The molecule has 2 aromatic carbocycles. The third-order valence-corrected chi connectivity index (χ3v) is 2.98. The Balaban J connectivity index is 2.06. The minimum atomic E-state index is -0.425. The van der Waals surface area contributed by atoms with Crippen molar-refractivity contribution in [2.45, 2.75) is 6.61 Å². The molecule has 0 amide bonds. The number of ether oxygens (including phenoxy) is 2. The molecule has 0 radical (unpaired) electrons. The largest absolute Gasteiger partial charge is 0.497 e. The summed E-state index contributed by atoms with van der Waals surface area (Å²) in [6, 6.07) is 11.8. The zero-order valence-electron chi connectivity index (χ0n) is 10.9. The Hall–Kier alpha value is -2.14. The highest BCUT2D eigenvalue weighted by Crippen LogP contribution is 2.19. The van der Waals surface area contributed by atoms with Crippen LogP contribution in [0.1, 0.15) is 11.1 Å². The van der Waals surface area contributed by atoms with E-state index < -0.39 is 5.82 Å². The van der Waals surface area contributed by atoms with E-state index in [1.807, 2.05) is 0 Å². The van der Waals surface area contributed by atoms with Gasteiger partial charge in [0, 0.05) is 5.56 Å². The summed E-state index contributed by atoms with van der Waals surface area (Å²) in [5, 5.41) is 0. The fraction of sp³-hybridized carbons (Fsp3) is 0.133. The van der Waals surface area contributed by atoms with Crippen molar-refractivity contribution in [3.05, 3.63) is 59.4 Å². The summed E-state index contributed by atoms with van der Waals surface area (Å²) in [6.07, 6.45) is 0. The lowest BCUT2D eigenvalue weighted by Crippen LogP contribution is -2.12. The van der Waals surface area contributed by atoms with Crippen LogP contribution < -0.4 is 15.2 Å². The van der Waals surface area contributed by atoms with Crippen LogP contribution >= 0.6 is 12.2 Å². The van der Waals surface area contributed by atoms with Gasteiger partial charge in [0.05, 0.1) is 7.11 Å². The van der Waals surface area contributed by atoms with Crippen molar-refractivity contribution in [2.75, 3.05) is 7.11 Å². The molecule has 0 aliphatic rings. The van der Waals surface area contributed by atoms with Crippen molar-refractivity contribution in [1.82, 2.24) is 0 Å². The zero-order valence-corrected chi connectivity index (χ0v) is 11.7. The molecule has 0 saturated heterocycles. The molecule has 20 heavy (non-hydrogen) atoms. The van der Waals surface area contributed by atoms with Crippen LogP contribution in [0, 0.1) is 5.82 Å². The normalized spacial score (nSPS) is 10.1. The van der Waals surface area contributed by atoms with Gasteiger partial charge in [-0.15, -0.1) is 0 Å². The Morgan fingerprint density at radius 1 is 1.15 bits per heavy atom. The molecule has 0 aliphatic heterocycles. The average Bonchev–Trinajstić information content (AvgIpc) is 2.46. The molecule has 0 bridgehead atoms. The third-order valence-electron chi connectivity index (χ3n) is 2.76. The van der Waals surface area contributed by atoms with E-state index in [0.29, 0.717) is 12.4 Å². The van der Waals surface area contributed by atoms with Crippen molar-refractivity contribution in [3.8, 4) is 11.5 Å². The lowest BCUT2D eigenvalue weighted by Gasteiger charge is -2.09. The number of nitrogens with two attached hydrogens (primary N) is 1. The van der Waals surface area contributed by atoms with E-state index in [1.54, 1.807) is 43.5 Å². The van der Waals surface area contributed by atoms with Gasteiger partial charge >= 0.3 is 0 Å². The average molecular weight is 291 g/mol. The zero-order chi connectivity index (χ0) is 14.5. The molecule has 2 N–H and O–H groups in total. The Kier molecular flexibility index (Phi) is 4.53. The van der Waals surface area contributed by atoms with Gasteiger partial charge in [0.15, 0.2) is 0 Å². The fourth-order valence-corrected chi connectivity index (χ4v) is 1.85. The SMILES string of the molecule is COc1ccc(OCc2ccc(F)c(C(N)=S)c2)cc1. The number of hydrogen-bond donors (Lipinski definition) is 1. The predicted octanol–water partition coefficient (Wildman–Crippen LogP) is 3.05. The van der Waals surface area contributed by atoms with E-state index >= 15 is 0 Å². The van der Waals surface area contributed by atoms with Crippen LogP contribution in [0.5, 0.6) is 11.5 Å². The number of hydrogen-bond acceptors (Lipinski definition) is 3. The van der Waals surface area contributed by atoms with Gasteiger partial charge in [0.2, 0.25) is 0 Å². The molecule has 0 fully saturated rings. The van der Waals surface area contributed by atoms with Crippen molar-refractivity contribution >= 4 is 17.2 Å². The van der Waals surface area contributed by atoms with Crippen LogP contribution in [0.25, 0.3) is 0 Å². The number of rotatable bonds is 5. The van der Waals surface area contributed by atoms with Crippen molar-refractivity contribution in [3.63, 3.8) is 0 Å². The Morgan fingerprint density at radius 2 is 1.80 bits per heavy atom. The first kappa shape index (κ1) is 14.3. The summed E-state index contributed by atoms with van der Waals surface area (Å²) in [5.74, 6) is 1.03. The van der Waals surface area contributed by atoms with Gasteiger partial charge < -0.3 is 15.2 Å². The highest BCUT2D eigenvalue weighted by Gasteiger charge is 2.06. The first-order valence-corrected chi connectivity index (χ1v) is 6.36. The predicted molar refractivity (Wildman–Crippen MR) is 79.6 cm³/mol. The summed E-state index contributed by atoms with van der Waals surface area (Å²) in [5.41, 5.74) is 6.49. The Labute approximate surface area is 122 Å². The van der Waals surface area contributed by atoms with E-state index in [1.165, 1.54) is 6.07 Å². The van der Waals surface area contributed by atoms with Gasteiger partial charge in [-0.3, -0.25) is 0 Å². The number of methoxy groups -OCH3 is 1. The Bertz CT molecular complexity index is 614. The van der Waals surface area contributed by atoms with Gasteiger partial charge in [-0.25, -0.2) is 4.39 Å². The summed E-state index contributed by atoms with van der Waals surface area (Å²) >= 11 is 4.80. The highest BCUT2D eigenvalue weighted by atomic mass is 32.1. The first-order valence-electron chi connectivity index (χ1n) is 5.95. The van der Waals surface area contributed by atoms with Gasteiger partial charge in [-0.2, -0.15) is 0 Å². The summed E-state index contributed by atoms with van der Waals surface area (Å²) in [4.78, 5) is 0.0359. The van der Waals surface area contributed by atoms with Crippen molar-refractivity contribution < 1.29 is 13.9 Å².